The van der Waals surface area contributed by atoms with Gasteiger partial charge in [0.15, 0.2) is 0 Å². The number of anilines is 4. The lowest BCUT2D eigenvalue weighted by Gasteiger charge is -2.28. The molecule has 14 heteroatoms. The Balaban J connectivity index is 1.67. The van der Waals surface area contributed by atoms with E-state index in [0.29, 0.717) is 62.5 Å². The molecule has 0 aliphatic rings. The number of rotatable bonds is 15. The first-order valence-corrected chi connectivity index (χ1v) is 20.4. The van der Waals surface area contributed by atoms with Gasteiger partial charge < -0.3 is 21.3 Å². The van der Waals surface area contributed by atoms with E-state index < -0.39 is 21.7 Å². The number of carbonyl (C=O) groups is 4. The van der Waals surface area contributed by atoms with Crippen molar-refractivity contribution in [3.05, 3.63) is 95.6 Å². The van der Waals surface area contributed by atoms with Crippen molar-refractivity contribution in [2.24, 2.45) is 21.7 Å². The highest BCUT2D eigenvalue weighted by molar-refractivity contribution is 5.95. The zero-order valence-electron chi connectivity index (χ0n) is 37.5. The van der Waals surface area contributed by atoms with E-state index in [9.17, 15) is 19.2 Å². The van der Waals surface area contributed by atoms with Crippen LogP contribution >= 0.6 is 0 Å². The van der Waals surface area contributed by atoms with Gasteiger partial charge in [-0.25, -0.2) is 19.9 Å². The lowest BCUT2D eigenvalue weighted by molar-refractivity contribution is -0.123. The fraction of sp³-hybridized carbons (Fsp3) is 0.478. The van der Waals surface area contributed by atoms with Crippen LogP contribution in [0.5, 0.6) is 0 Å². The molecule has 0 aliphatic carbocycles. The van der Waals surface area contributed by atoms with Crippen LogP contribution < -0.4 is 21.3 Å². The Kier molecular flexibility index (Phi) is 15.4. The topological polar surface area (TPSA) is 174 Å². The number of aromatic nitrogens is 4. The Morgan fingerprint density at radius 3 is 0.767 bits per heavy atom. The average Bonchev–Trinajstić information content (AvgIpc) is 3.13. The van der Waals surface area contributed by atoms with Crippen LogP contribution in [-0.4, -0.2) is 66.5 Å². The van der Waals surface area contributed by atoms with E-state index in [-0.39, 0.29) is 23.6 Å². The molecule has 0 saturated heterocycles. The van der Waals surface area contributed by atoms with E-state index in [1.165, 1.54) is 0 Å². The van der Waals surface area contributed by atoms with Gasteiger partial charge in [0.2, 0.25) is 23.6 Å². The molecule has 0 radical (unpaired) electrons. The largest absolute Gasteiger partial charge is 0.310 e. The third kappa shape index (κ3) is 15.2. The molecule has 4 heterocycles. The summed E-state index contributed by atoms with van der Waals surface area (Å²) < 4.78 is 0. The molecule has 14 nitrogen and oxygen atoms in total. The molecule has 0 atom stereocenters. The summed E-state index contributed by atoms with van der Waals surface area (Å²) in [6.45, 7) is 25.0. The number of nitrogens with zero attached hydrogens (tertiary/aromatic N) is 6. The van der Waals surface area contributed by atoms with Crippen LogP contribution in [0.15, 0.2) is 72.8 Å². The molecule has 0 unspecified atom stereocenters. The minimum Gasteiger partial charge on any atom is -0.310 e. The summed E-state index contributed by atoms with van der Waals surface area (Å²) >= 11 is 0. The molecule has 4 aromatic heterocycles. The van der Waals surface area contributed by atoms with Gasteiger partial charge in [-0.3, -0.25) is 29.0 Å². The van der Waals surface area contributed by atoms with E-state index in [4.69, 9.17) is 19.9 Å². The van der Waals surface area contributed by atoms with Gasteiger partial charge in [0, 0.05) is 60.9 Å². The summed E-state index contributed by atoms with van der Waals surface area (Å²) in [5.74, 6) is 1.32. The predicted molar refractivity (Wildman–Crippen MR) is 238 cm³/mol. The van der Waals surface area contributed by atoms with E-state index in [2.05, 4.69) is 31.1 Å². The van der Waals surface area contributed by atoms with Crippen molar-refractivity contribution in [2.45, 2.75) is 109 Å². The normalized spacial score (nSPS) is 12.3. The Bertz CT molecular complexity index is 1830. The summed E-state index contributed by atoms with van der Waals surface area (Å²) in [4.78, 5) is 75.0. The molecule has 4 rings (SSSR count). The average molecular weight is 821 g/mol. The van der Waals surface area contributed by atoms with Crippen LogP contribution in [0, 0.1) is 21.7 Å². The third-order valence-electron chi connectivity index (χ3n) is 9.19. The lowest BCUT2D eigenvalue weighted by atomic mass is 9.96. The third-order valence-corrected chi connectivity index (χ3v) is 9.19. The molecule has 0 saturated carbocycles. The first-order valence-electron chi connectivity index (χ1n) is 20.4. The lowest BCUT2D eigenvalue weighted by Crippen LogP contribution is -2.35. The molecule has 4 aromatic rings. The van der Waals surface area contributed by atoms with Crippen molar-refractivity contribution >= 4 is 46.9 Å². The van der Waals surface area contributed by atoms with Gasteiger partial charge >= 0.3 is 0 Å². The van der Waals surface area contributed by atoms with Gasteiger partial charge in [-0.2, -0.15) is 0 Å². The molecular weight excluding hydrogens is 757 g/mol. The van der Waals surface area contributed by atoms with Crippen LogP contribution in [0.1, 0.15) is 106 Å². The second-order valence-electron chi connectivity index (χ2n) is 19.3. The minimum absolute atomic E-state index is 0.135. The van der Waals surface area contributed by atoms with Crippen LogP contribution in [0.2, 0.25) is 0 Å². The highest BCUT2D eigenvalue weighted by atomic mass is 16.2. The Morgan fingerprint density at radius 2 is 0.583 bits per heavy atom. The summed E-state index contributed by atoms with van der Waals surface area (Å²) in [5, 5.41) is 11.8. The SMILES string of the molecule is CC(C)(C)C(=O)Nc1cccc(CN(CCN(Cc2cccc(NC(=O)C(C)(C)C)n2)Cc2cccc(NC(=O)C(C)(C)C)n2)Cc2cccc(NC(=O)C(C)(C)C)n2)n1. The van der Waals surface area contributed by atoms with Gasteiger partial charge in [0.1, 0.15) is 23.3 Å². The second kappa shape index (κ2) is 19.6. The Labute approximate surface area is 355 Å². The number of hydrogen-bond donors (Lipinski definition) is 4. The second-order valence-corrected chi connectivity index (χ2v) is 19.3. The number of amides is 4. The Morgan fingerprint density at radius 1 is 0.383 bits per heavy atom. The van der Waals surface area contributed by atoms with Gasteiger partial charge in [-0.1, -0.05) is 107 Å². The van der Waals surface area contributed by atoms with Crippen LogP contribution in [0.4, 0.5) is 23.3 Å². The summed E-state index contributed by atoms with van der Waals surface area (Å²) in [7, 11) is 0. The molecule has 60 heavy (non-hydrogen) atoms. The maximum absolute atomic E-state index is 12.8. The maximum atomic E-state index is 12.8. The van der Waals surface area contributed by atoms with Crippen molar-refractivity contribution < 1.29 is 19.2 Å². The van der Waals surface area contributed by atoms with E-state index >= 15 is 0 Å². The number of pyridine rings is 4. The molecule has 0 aromatic carbocycles. The van der Waals surface area contributed by atoms with E-state index in [1.807, 2.05) is 132 Å². The smallest absolute Gasteiger partial charge is 0.230 e. The van der Waals surface area contributed by atoms with Crippen molar-refractivity contribution in [2.75, 3.05) is 34.4 Å². The molecule has 4 N–H and O–H groups in total. The fourth-order valence-corrected chi connectivity index (χ4v) is 5.39. The zero-order chi connectivity index (χ0) is 44.5. The summed E-state index contributed by atoms with van der Waals surface area (Å²) in [6.07, 6.45) is 0. The van der Waals surface area contributed by atoms with Crippen molar-refractivity contribution in [3.8, 4) is 0 Å². The first kappa shape index (κ1) is 47.1. The van der Waals surface area contributed by atoms with Crippen molar-refractivity contribution in [1.29, 1.82) is 0 Å². The molecule has 0 aliphatic heterocycles. The first-order chi connectivity index (χ1) is 27.8. The van der Waals surface area contributed by atoms with Gasteiger partial charge in [-0.15, -0.1) is 0 Å². The fourth-order valence-electron chi connectivity index (χ4n) is 5.39. The highest BCUT2D eigenvalue weighted by Crippen LogP contribution is 2.22. The molecule has 0 fully saturated rings. The van der Waals surface area contributed by atoms with Crippen LogP contribution in [0.25, 0.3) is 0 Å². The molecule has 4 amide bonds. The quantitative estimate of drug-likeness (QED) is 0.0923. The highest BCUT2D eigenvalue weighted by Gasteiger charge is 2.25. The van der Waals surface area contributed by atoms with Gasteiger partial charge in [-0.05, 0) is 48.5 Å². The number of carbonyl (C=O) groups excluding carboxylic acids is 4. The van der Waals surface area contributed by atoms with E-state index in [1.54, 1.807) is 24.3 Å². The van der Waals surface area contributed by atoms with E-state index in [0.717, 1.165) is 22.8 Å². The van der Waals surface area contributed by atoms with Crippen LogP contribution in [-0.2, 0) is 45.4 Å². The molecular formula is C46H64N10O4. The van der Waals surface area contributed by atoms with Crippen LogP contribution in [0.3, 0.4) is 0 Å². The van der Waals surface area contributed by atoms with Crippen molar-refractivity contribution in [3.63, 3.8) is 0 Å². The monoisotopic (exact) mass is 821 g/mol. The molecule has 0 spiro atoms. The Hall–Kier alpha value is -5.60. The maximum Gasteiger partial charge on any atom is 0.230 e. The number of hydrogen-bond acceptors (Lipinski definition) is 10. The summed E-state index contributed by atoms with van der Waals surface area (Å²) in [6, 6.07) is 22.3. The van der Waals surface area contributed by atoms with Crippen molar-refractivity contribution in [1.82, 2.24) is 29.7 Å². The summed E-state index contributed by atoms with van der Waals surface area (Å²) in [5.41, 5.74) is 0.626. The zero-order valence-corrected chi connectivity index (χ0v) is 37.5. The predicted octanol–water partition coefficient (Wildman–Crippen LogP) is 7.91. The van der Waals surface area contributed by atoms with Gasteiger partial charge in [0.05, 0.1) is 22.8 Å². The molecule has 0 bridgehead atoms. The number of nitrogens with one attached hydrogen (secondary N) is 4. The molecule has 322 valence electrons. The minimum atomic E-state index is -0.592. The van der Waals surface area contributed by atoms with Gasteiger partial charge in [0.25, 0.3) is 0 Å². The standard InChI is InChI=1S/C46H64N10O4/c1-43(2,3)39(57)51-35-21-13-17-31(47-35)27-55(28-32-18-14-22-36(48-32)52-40(58)44(4,5)6)25-26-56(29-33-19-15-23-37(49-33)53-41(59)45(7,8)9)30-34-20-16-24-38(50-34)54-42(60)46(10,11)12/h13-24H,25-30H2,1-12H3,(H,47,51,57)(H,48,52,58)(H,49,53,59)(H,50,54,60).